The first-order valence-corrected chi connectivity index (χ1v) is 9.32. The van der Waals surface area contributed by atoms with E-state index in [0.717, 1.165) is 0 Å². The number of hydrogen-bond donors (Lipinski definition) is 3. The number of carboxylic acid groups (broad SMARTS) is 1. The minimum atomic E-state index is -0.897. The Bertz CT molecular complexity index is 1010. The van der Waals surface area contributed by atoms with Gasteiger partial charge in [-0.2, -0.15) is 0 Å². The summed E-state index contributed by atoms with van der Waals surface area (Å²) < 4.78 is 16.4. The normalized spacial score (nSPS) is 10.7. The molecule has 0 bridgehead atoms. The van der Waals surface area contributed by atoms with Gasteiger partial charge in [0, 0.05) is 24.2 Å². The molecule has 0 fully saturated rings. The number of hydrogen-bond acceptors (Lipinski definition) is 8. The molecule has 3 N–H and O–H groups in total. The van der Waals surface area contributed by atoms with Gasteiger partial charge in [-0.05, 0) is 23.8 Å². The Morgan fingerprint density at radius 3 is 2.63 bits per heavy atom. The van der Waals surface area contributed by atoms with E-state index in [4.69, 9.17) is 24.4 Å². The number of benzene rings is 2. The lowest BCUT2D eigenvalue weighted by atomic mass is 10.1. The van der Waals surface area contributed by atoms with E-state index in [1.807, 2.05) is 6.07 Å². The van der Waals surface area contributed by atoms with Crippen LogP contribution in [0.5, 0.6) is 11.5 Å². The van der Waals surface area contributed by atoms with Crippen LogP contribution in [0.3, 0.4) is 0 Å². The molecular formula is C21H23N3O6. The lowest BCUT2D eigenvalue weighted by Crippen LogP contribution is -2.08. The van der Waals surface area contributed by atoms with Crippen molar-refractivity contribution in [3.63, 3.8) is 0 Å². The van der Waals surface area contributed by atoms with Crippen LogP contribution in [0.15, 0.2) is 42.7 Å². The Morgan fingerprint density at radius 2 is 1.87 bits per heavy atom. The fourth-order valence-electron chi connectivity index (χ4n) is 2.85. The minimum absolute atomic E-state index is 0.0681. The van der Waals surface area contributed by atoms with Crippen LogP contribution >= 0.6 is 0 Å². The molecule has 9 nitrogen and oxygen atoms in total. The summed E-state index contributed by atoms with van der Waals surface area (Å²) in [6, 6.07) is 10.6. The van der Waals surface area contributed by atoms with Gasteiger partial charge < -0.3 is 29.7 Å². The van der Waals surface area contributed by atoms with Crippen LogP contribution in [-0.2, 0) is 16.0 Å². The van der Waals surface area contributed by atoms with Crippen molar-refractivity contribution in [2.75, 3.05) is 38.9 Å². The molecule has 1 heterocycles. The molecule has 30 heavy (non-hydrogen) atoms. The second-order valence-electron chi connectivity index (χ2n) is 6.35. The van der Waals surface area contributed by atoms with Crippen molar-refractivity contribution in [1.82, 2.24) is 9.97 Å². The zero-order valence-corrected chi connectivity index (χ0v) is 16.5. The third-order valence-corrected chi connectivity index (χ3v) is 4.14. The Kier molecular flexibility index (Phi) is 7.36. The second kappa shape index (κ2) is 10.4. The van der Waals surface area contributed by atoms with E-state index in [2.05, 4.69) is 15.3 Å². The summed E-state index contributed by atoms with van der Waals surface area (Å²) in [5.41, 5.74) is 2.01. The number of fused-ring (bicyclic) bond motifs is 1. The van der Waals surface area contributed by atoms with Crippen LogP contribution in [0.4, 0.5) is 11.5 Å². The third kappa shape index (κ3) is 5.56. The fraction of sp³-hybridized carbons (Fsp3) is 0.286. The minimum Gasteiger partial charge on any atom is -0.487 e. The van der Waals surface area contributed by atoms with Crippen molar-refractivity contribution in [2.45, 2.75) is 6.42 Å². The second-order valence-corrected chi connectivity index (χ2v) is 6.35. The summed E-state index contributed by atoms with van der Waals surface area (Å²) in [5.74, 6) is 0.572. The first kappa shape index (κ1) is 21.3. The summed E-state index contributed by atoms with van der Waals surface area (Å²) in [6.45, 7) is 0.729. The number of anilines is 2. The van der Waals surface area contributed by atoms with Gasteiger partial charge in [-0.3, -0.25) is 4.79 Å². The number of nitrogens with zero attached hydrogens (tertiary/aromatic N) is 2. The third-order valence-electron chi connectivity index (χ3n) is 4.14. The number of methoxy groups -OCH3 is 1. The Morgan fingerprint density at radius 1 is 1.07 bits per heavy atom. The highest BCUT2D eigenvalue weighted by Crippen LogP contribution is 2.35. The Hall–Kier alpha value is -3.43. The highest BCUT2D eigenvalue weighted by atomic mass is 16.5. The topological polar surface area (TPSA) is 123 Å². The summed E-state index contributed by atoms with van der Waals surface area (Å²) >= 11 is 0. The molecule has 9 heteroatoms. The largest absolute Gasteiger partial charge is 0.487 e. The lowest BCUT2D eigenvalue weighted by molar-refractivity contribution is -0.136. The van der Waals surface area contributed by atoms with Gasteiger partial charge in [0.25, 0.3) is 0 Å². The quantitative estimate of drug-likeness (QED) is 0.407. The highest BCUT2D eigenvalue weighted by Gasteiger charge is 2.13. The first-order chi connectivity index (χ1) is 14.6. The van der Waals surface area contributed by atoms with Gasteiger partial charge >= 0.3 is 5.97 Å². The molecule has 0 saturated carbocycles. The van der Waals surface area contributed by atoms with E-state index in [1.54, 1.807) is 37.4 Å². The number of carbonyl (C=O) groups is 1. The molecular weight excluding hydrogens is 390 g/mol. The molecule has 3 rings (SSSR count). The number of carboxylic acids is 1. The molecule has 0 aliphatic rings. The number of aliphatic hydroxyl groups excluding tert-OH is 1. The van der Waals surface area contributed by atoms with E-state index in [1.165, 1.54) is 6.33 Å². The van der Waals surface area contributed by atoms with Crippen molar-refractivity contribution in [3.8, 4) is 11.5 Å². The van der Waals surface area contributed by atoms with Gasteiger partial charge in [0.1, 0.15) is 25.4 Å². The summed E-state index contributed by atoms with van der Waals surface area (Å²) in [4.78, 5) is 19.6. The predicted molar refractivity (Wildman–Crippen MR) is 111 cm³/mol. The molecule has 1 aromatic heterocycles. The fourth-order valence-corrected chi connectivity index (χ4v) is 2.85. The molecule has 0 unspecified atom stereocenters. The standard InChI is InChI=1S/C21H23N3O6/c1-28-7-8-30-19-12-17-16(11-18(19)29-6-5-25)21(23-13-22-17)24-15-4-2-3-14(9-15)10-20(26)27/h2-4,9,11-13,25H,5-8,10H2,1H3,(H,26,27)(H,22,23,24). The van der Waals surface area contributed by atoms with Gasteiger partial charge in [0.15, 0.2) is 11.5 Å². The molecule has 158 valence electrons. The summed E-state index contributed by atoms with van der Waals surface area (Å²) in [6.07, 6.45) is 1.36. The maximum atomic E-state index is 11.0. The molecule has 0 atom stereocenters. The molecule has 3 aromatic rings. The number of aliphatic hydroxyl groups is 1. The van der Waals surface area contributed by atoms with Crippen LogP contribution in [0.25, 0.3) is 10.9 Å². The monoisotopic (exact) mass is 413 g/mol. The van der Waals surface area contributed by atoms with Gasteiger partial charge in [-0.25, -0.2) is 9.97 Å². The molecule has 0 spiro atoms. The summed E-state index contributed by atoms with van der Waals surface area (Å²) in [5, 5.41) is 22.0. The average Bonchev–Trinajstić information content (AvgIpc) is 2.72. The van der Waals surface area contributed by atoms with Crippen LogP contribution < -0.4 is 14.8 Å². The Balaban J connectivity index is 1.94. The molecule has 2 aromatic carbocycles. The van der Waals surface area contributed by atoms with Crippen LogP contribution in [0.1, 0.15) is 5.56 Å². The molecule has 0 aliphatic heterocycles. The number of aliphatic carboxylic acids is 1. The molecule has 0 saturated heterocycles. The van der Waals surface area contributed by atoms with Crippen LogP contribution in [0.2, 0.25) is 0 Å². The zero-order valence-electron chi connectivity index (χ0n) is 16.5. The SMILES string of the molecule is COCCOc1cc2ncnc(Nc3cccc(CC(=O)O)c3)c2cc1OCCO. The lowest BCUT2D eigenvalue weighted by Gasteiger charge is -2.15. The van der Waals surface area contributed by atoms with Crippen LogP contribution in [-0.4, -0.2) is 59.7 Å². The van der Waals surface area contributed by atoms with Crippen molar-refractivity contribution >= 4 is 28.4 Å². The molecule has 0 aliphatic carbocycles. The van der Waals surface area contributed by atoms with Crippen molar-refractivity contribution in [3.05, 3.63) is 48.3 Å². The van der Waals surface area contributed by atoms with Gasteiger partial charge in [-0.1, -0.05) is 12.1 Å². The van der Waals surface area contributed by atoms with Gasteiger partial charge in [0.05, 0.1) is 25.2 Å². The Labute approximate surface area is 173 Å². The predicted octanol–water partition coefficient (Wildman–Crippen LogP) is 2.40. The van der Waals surface area contributed by atoms with E-state index < -0.39 is 5.97 Å². The molecule has 0 amide bonds. The zero-order chi connectivity index (χ0) is 21.3. The van der Waals surface area contributed by atoms with Crippen LogP contribution in [0, 0.1) is 0 Å². The van der Waals surface area contributed by atoms with Gasteiger partial charge in [0.2, 0.25) is 0 Å². The summed E-state index contributed by atoms with van der Waals surface area (Å²) in [7, 11) is 1.59. The van der Waals surface area contributed by atoms with Crippen molar-refractivity contribution in [2.24, 2.45) is 0 Å². The van der Waals surface area contributed by atoms with Gasteiger partial charge in [-0.15, -0.1) is 0 Å². The number of ether oxygens (including phenoxy) is 3. The van der Waals surface area contributed by atoms with Crippen molar-refractivity contribution < 1.29 is 29.2 Å². The van der Waals surface area contributed by atoms with E-state index in [0.29, 0.717) is 52.7 Å². The average molecular weight is 413 g/mol. The number of aromatic nitrogens is 2. The molecule has 0 radical (unpaired) electrons. The van der Waals surface area contributed by atoms with E-state index in [-0.39, 0.29) is 19.6 Å². The number of rotatable bonds is 11. The number of nitrogens with one attached hydrogen (secondary N) is 1. The highest BCUT2D eigenvalue weighted by molar-refractivity contribution is 5.93. The van der Waals surface area contributed by atoms with E-state index in [9.17, 15) is 4.79 Å². The smallest absolute Gasteiger partial charge is 0.307 e. The first-order valence-electron chi connectivity index (χ1n) is 9.32. The maximum absolute atomic E-state index is 11.0. The van der Waals surface area contributed by atoms with Crippen molar-refractivity contribution in [1.29, 1.82) is 0 Å². The maximum Gasteiger partial charge on any atom is 0.307 e. The van der Waals surface area contributed by atoms with E-state index >= 15 is 0 Å².